The average Bonchev–Trinajstić information content (AvgIpc) is 3.04. The molecule has 4 nitrogen and oxygen atoms in total. The van der Waals surface area contributed by atoms with Gasteiger partial charge in [-0.05, 0) is 66.7 Å². The quantitative estimate of drug-likeness (QED) is 0.853. The van der Waals surface area contributed by atoms with Gasteiger partial charge in [0.05, 0.1) is 0 Å². The molecule has 1 aliphatic heterocycles. The van der Waals surface area contributed by atoms with Crippen LogP contribution in [0.2, 0.25) is 0 Å². The summed E-state index contributed by atoms with van der Waals surface area (Å²) in [6.45, 7) is 6.50. The SMILES string of the molecule is CC(CNC(=O)c1cc(Br)cn1C1CC1)CN1CCCC1. The van der Waals surface area contributed by atoms with Gasteiger partial charge < -0.3 is 14.8 Å². The predicted octanol–water partition coefficient (Wildman–Crippen LogP) is 3.05. The topological polar surface area (TPSA) is 37.3 Å². The van der Waals surface area contributed by atoms with Gasteiger partial charge in [-0.15, -0.1) is 0 Å². The number of aromatic nitrogens is 1. The van der Waals surface area contributed by atoms with E-state index in [-0.39, 0.29) is 5.91 Å². The Morgan fingerprint density at radius 3 is 2.81 bits per heavy atom. The molecule has 1 saturated carbocycles. The van der Waals surface area contributed by atoms with E-state index in [0.717, 1.165) is 23.3 Å². The molecular formula is C16H24BrN3O. The van der Waals surface area contributed by atoms with Crippen LogP contribution in [0.4, 0.5) is 0 Å². The third-order valence-electron chi connectivity index (χ3n) is 4.37. The second-order valence-corrected chi connectivity index (χ2v) is 7.42. The van der Waals surface area contributed by atoms with Crippen LogP contribution >= 0.6 is 15.9 Å². The van der Waals surface area contributed by atoms with Gasteiger partial charge in [-0.1, -0.05) is 6.92 Å². The second-order valence-electron chi connectivity index (χ2n) is 6.50. The summed E-state index contributed by atoms with van der Waals surface area (Å²) in [5.41, 5.74) is 0.790. The van der Waals surface area contributed by atoms with Crippen LogP contribution in [-0.4, -0.2) is 41.6 Å². The third kappa shape index (κ3) is 3.89. The Kier molecular flexibility index (Phi) is 4.69. The zero-order valence-corrected chi connectivity index (χ0v) is 14.2. The van der Waals surface area contributed by atoms with E-state index in [1.807, 2.05) is 12.3 Å². The molecule has 1 atom stereocenters. The Balaban J connectivity index is 1.51. The van der Waals surface area contributed by atoms with Crippen LogP contribution in [0.3, 0.4) is 0 Å². The standard InChI is InChI=1S/C16H24BrN3O/c1-12(10-19-6-2-3-7-19)9-18-16(21)15-8-13(17)11-20(15)14-4-5-14/h8,11-12,14H,2-7,9-10H2,1H3,(H,18,21). The molecule has 0 bridgehead atoms. The zero-order chi connectivity index (χ0) is 14.8. The Bertz CT molecular complexity index is 504. The van der Waals surface area contributed by atoms with Crippen LogP contribution in [0.5, 0.6) is 0 Å². The number of likely N-dealkylation sites (tertiary alicyclic amines) is 1. The first-order valence-corrected chi connectivity index (χ1v) is 8.80. The zero-order valence-electron chi connectivity index (χ0n) is 12.6. The number of hydrogen-bond acceptors (Lipinski definition) is 2. The highest BCUT2D eigenvalue weighted by Crippen LogP contribution is 2.37. The molecule has 2 fully saturated rings. The van der Waals surface area contributed by atoms with Crippen LogP contribution in [0.1, 0.15) is 49.1 Å². The van der Waals surface area contributed by atoms with Gasteiger partial charge in [0.1, 0.15) is 5.69 Å². The average molecular weight is 354 g/mol. The molecule has 1 saturated heterocycles. The number of amides is 1. The van der Waals surface area contributed by atoms with Gasteiger partial charge in [-0.25, -0.2) is 0 Å². The molecule has 1 aromatic heterocycles. The summed E-state index contributed by atoms with van der Waals surface area (Å²) in [6, 6.07) is 2.46. The van der Waals surface area contributed by atoms with Crippen LogP contribution in [-0.2, 0) is 0 Å². The van der Waals surface area contributed by atoms with E-state index in [0.29, 0.717) is 12.0 Å². The maximum Gasteiger partial charge on any atom is 0.267 e. The van der Waals surface area contributed by atoms with Crippen molar-refractivity contribution in [2.75, 3.05) is 26.2 Å². The van der Waals surface area contributed by atoms with E-state index in [4.69, 9.17) is 0 Å². The van der Waals surface area contributed by atoms with Crippen molar-refractivity contribution in [3.05, 3.63) is 22.4 Å². The molecule has 116 valence electrons. The maximum absolute atomic E-state index is 12.4. The smallest absolute Gasteiger partial charge is 0.267 e. The summed E-state index contributed by atoms with van der Waals surface area (Å²) in [6.07, 6.45) is 7.05. The fraction of sp³-hybridized carbons (Fsp3) is 0.688. The highest BCUT2D eigenvalue weighted by atomic mass is 79.9. The Morgan fingerprint density at radius 2 is 2.14 bits per heavy atom. The Labute approximate surface area is 135 Å². The lowest BCUT2D eigenvalue weighted by molar-refractivity contribution is 0.0935. The Hall–Kier alpha value is -0.810. The lowest BCUT2D eigenvalue weighted by atomic mass is 10.1. The summed E-state index contributed by atoms with van der Waals surface area (Å²) in [4.78, 5) is 14.9. The van der Waals surface area contributed by atoms with Gasteiger partial charge in [-0.2, -0.15) is 0 Å². The monoisotopic (exact) mass is 353 g/mol. The lowest BCUT2D eigenvalue weighted by Gasteiger charge is -2.20. The molecule has 1 amide bonds. The van der Waals surface area contributed by atoms with Crippen molar-refractivity contribution in [2.24, 2.45) is 5.92 Å². The summed E-state index contributed by atoms with van der Waals surface area (Å²) in [5.74, 6) is 0.556. The van der Waals surface area contributed by atoms with Gasteiger partial charge in [-0.3, -0.25) is 4.79 Å². The predicted molar refractivity (Wildman–Crippen MR) is 87.6 cm³/mol. The van der Waals surface area contributed by atoms with Crippen molar-refractivity contribution in [2.45, 2.75) is 38.6 Å². The molecule has 3 rings (SSSR count). The fourth-order valence-corrected chi connectivity index (χ4v) is 3.55. The first-order chi connectivity index (χ1) is 10.1. The van der Waals surface area contributed by atoms with Crippen molar-refractivity contribution in [1.29, 1.82) is 0 Å². The molecule has 1 unspecified atom stereocenters. The Morgan fingerprint density at radius 1 is 1.43 bits per heavy atom. The van der Waals surface area contributed by atoms with Gasteiger partial charge in [0, 0.05) is 29.8 Å². The first kappa shape index (κ1) is 15.1. The summed E-state index contributed by atoms with van der Waals surface area (Å²) in [7, 11) is 0. The minimum atomic E-state index is 0.0564. The second kappa shape index (κ2) is 6.53. The molecule has 1 N–H and O–H groups in total. The molecule has 1 aliphatic carbocycles. The van der Waals surface area contributed by atoms with Crippen molar-refractivity contribution >= 4 is 21.8 Å². The molecule has 2 heterocycles. The van der Waals surface area contributed by atoms with E-state index < -0.39 is 0 Å². The molecule has 21 heavy (non-hydrogen) atoms. The number of rotatable bonds is 6. The van der Waals surface area contributed by atoms with E-state index in [9.17, 15) is 4.79 Å². The van der Waals surface area contributed by atoms with E-state index in [1.54, 1.807) is 0 Å². The molecule has 0 spiro atoms. The van der Waals surface area contributed by atoms with Gasteiger partial charge >= 0.3 is 0 Å². The van der Waals surface area contributed by atoms with Crippen LogP contribution in [0.15, 0.2) is 16.7 Å². The van der Waals surface area contributed by atoms with Gasteiger partial charge in [0.2, 0.25) is 0 Å². The van der Waals surface area contributed by atoms with Crippen molar-refractivity contribution in [3.8, 4) is 0 Å². The number of carbonyl (C=O) groups is 1. The van der Waals surface area contributed by atoms with Gasteiger partial charge in [0.25, 0.3) is 5.91 Å². The number of nitrogens with one attached hydrogen (secondary N) is 1. The fourth-order valence-electron chi connectivity index (χ4n) is 3.11. The van der Waals surface area contributed by atoms with E-state index in [1.165, 1.54) is 38.8 Å². The van der Waals surface area contributed by atoms with Crippen LogP contribution in [0.25, 0.3) is 0 Å². The maximum atomic E-state index is 12.4. The normalized spacial score (nSPS) is 20.7. The largest absolute Gasteiger partial charge is 0.350 e. The summed E-state index contributed by atoms with van der Waals surface area (Å²) >= 11 is 3.48. The summed E-state index contributed by atoms with van der Waals surface area (Å²) < 4.78 is 3.11. The number of nitrogens with zero attached hydrogens (tertiary/aromatic N) is 2. The minimum absolute atomic E-state index is 0.0564. The molecular weight excluding hydrogens is 330 g/mol. The lowest BCUT2D eigenvalue weighted by Crippen LogP contribution is -2.35. The molecule has 2 aliphatic rings. The van der Waals surface area contributed by atoms with Crippen molar-refractivity contribution in [3.63, 3.8) is 0 Å². The molecule has 0 radical (unpaired) electrons. The van der Waals surface area contributed by atoms with Crippen LogP contribution in [0, 0.1) is 5.92 Å². The highest BCUT2D eigenvalue weighted by Gasteiger charge is 2.27. The third-order valence-corrected chi connectivity index (χ3v) is 4.80. The van der Waals surface area contributed by atoms with Crippen molar-refractivity contribution in [1.82, 2.24) is 14.8 Å². The summed E-state index contributed by atoms with van der Waals surface area (Å²) in [5, 5.41) is 3.10. The van der Waals surface area contributed by atoms with Crippen LogP contribution < -0.4 is 5.32 Å². The first-order valence-electron chi connectivity index (χ1n) is 8.01. The minimum Gasteiger partial charge on any atom is -0.350 e. The van der Waals surface area contributed by atoms with Crippen molar-refractivity contribution < 1.29 is 4.79 Å². The van der Waals surface area contributed by atoms with Gasteiger partial charge in [0.15, 0.2) is 0 Å². The highest BCUT2D eigenvalue weighted by molar-refractivity contribution is 9.10. The number of carbonyl (C=O) groups excluding carboxylic acids is 1. The molecule has 0 aromatic carbocycles. The van der Waals surface area contributed by atoms with E-state index in [2.05, 4.69) is 37.6 Å². The molecule has 5 heteroatoms. The number of hydrogen-bond donors (Lipinski definition) is 1. The van der Waals surface area contributed by atoms with E-state index >= 15 is 0 Å². The molecule has 1 aromatic rings. The number of halogens is 1.